The first-order valence-electron chi connectivity index (χ1n) is 20.8. The summed E-state index contributed by atoms with van der Waals surface area (Å²) in [6, 6.07) is 30.7. The SMILES string of the molecule is CC(C)=C1CCc2ccc(cc2)CC(CCc2cccc(Cc3ccccc3)c2)CC(=O)OC2c3c(ccc4c(CO)c(CCOCO)c(=O)oc34)OC(C)(C)C2OC1=O. The lowest BCUT2D eigenvalue weighted by Crippen LogP contribution is -2.52. The van der Waals surface area contributed by atoms with Gasteiger partial charge < -0.3 is 33.6 Å². The van der Waals surface area contributed by atoms with E-state index in [-0.39, 0.29) is 42.1 Å². The van der Waals surface area contributed by atoms with Crippen molar-refractivity contribution in [3.63, 3.8) is 0 Å². The van der Waals surface area contributed by atoms with Gasteiger partial charge in [0.15, 0.2) is 12.2 Å². The second kappa shape index (κ2) is 18.8. The number of benzene rings is 4. The first-order chi connectivity index (χ1) is 28.9. The molecule has 0 spiro atoms. The van der Waals surface area contributed by atoms with Crippen molar-refractivity contribution in [3.05, 3.63) is 157 Å². The number of ether oxygens (including phenoxy) is 4. The van der Waals surface area contributed by atoms with E-state index in [0.717, 1.165) is 29.5 Å². The van der Waals surface area contributed by atoms with Crippen LogP contribution in [0, 0.1) is 5.92 Å². The highest BCUT2D eigenvalue weighted by molar-refractivity contribution is 5.90. The Hall–Kier alpha value is -5.55. The van der Waals surface area contributed by atoms with Gasteiger partial charge >= 0.3 is 17.6 Å². The number of aliphatic hydroxyl groups excluding tert-OH is 2. The van der Waals surface area contributed by atoms with Crippen molar-refractivity contribution < 1.29 is 43.2 Å². The summed E-state index contributed by atoms with van der Waals surface area (Å²) in [7, 11) is 0. The van der Waals surface area contributed by atoms with Gasteiger partial charge in [-0.2, -0.15) is 0 Å². The molecule has 1 aromatic heterocycles. The van der Waals surface area contributed by atoms with Crippen LogP contribution in [-0.4, -0.2) is 47.3 Å². The number of hydrogen-bond acceptors (Lipinski definition) is 10. The molecule has 4 aromatic carbocycles. The third kappa shape index (κ3) is 9.73. The molecule has 3 aliphatic heterocycles. The third-order valence-corrected chi connectivity index (χ3v) is 11.7. The number of hydrogen-bond donors (Lipinski definition) is 2. The van der Waals surface area contributed by atoms with Crippen LogP contribution in [0.4, 0.5) is 0 Å². The van der Waals surface area contributed by atoms with Crippen LogP contribution in [0.3, 0.4) is 0 Å². The van der Waals surface area contributed by atoms with Gasteiger partial charge in [-0.05, 0) is 118 Å². The minimum absolute atomic E-state index is 0.0250. The van der Waals surface area contributed by atoms with Crippen molar-refractivity contribution in [2.75, 3.05) is 13.4 Å². The number of carbonyl (C=O) groups excluding carboxylic acids is 2. The van der Waals surface area contributed by atoms with Crippen LogP contribution in [0.5, 0.6) is 5.75 Å². The molecule has 3 unspecified atom stereocenters. The predicted molar refractivity (Wildman–Crippen MR) is 228 cm³/mol. The van der Waals surface area contributed by atoms with E-state index in [2.05, 4.69) is 60.7 Å². The lowest BCUT2D eigenvalue weighted by atomic mass is 9.86. The fourth-order valence-corrected chi connectivity index (χ4v) is 8.57. The summed E-state index contributed by atoms with van der Waals surface area (Å²) in [5.41, 5.74) is 6.04. The Morgan fingerprint density at radius 2 is 1.52 bits per heavy atom. The maximum absolute atomic E-state index is 14.5. The Morgan fingerprint density at radius 3 is 2.25 bits per heavy atom. The van der Waals surface area contributed by atoms with Crippen molar-refractivity contribution in [2.45, 2.75) is 103 Å². The third-order valence-electron chi connectivity index (χ3n) is 11.7. The molecule has 314 valence electrons. The van der Waals surface area contributed by atoms with Gasteiger partial charge in [-0.3, -0.25) is 4.79 Å². The summed E-state index contributed by atoms with van der Waals surface area (Å²) in [5, 5.41) is 20.2. The minimum Gasteiger partial charge on any atom is -0.483 e. The van der Waals surface area contributed by atoms with Gasteiger partial charge in [0.25, 0.3) is 0 Å². The standard InChI is InChI=1S/C50H54O10/c1-31(2)38-20-19-32-13-15-35(16-14-32)27-37(18-17-34-11-8-12-36(26-34)25-33-9-6-5-7-10-33)28-43(53)57-46-44-42(60-50(3,4)47(46)59-48(38)54)22-21-39-41(29-51)40(23-24-56-30-52)49(55)58-45(39)44/h5-16,21-22,26,37,46-47,51-52H,17-20,23-25,27-30H2,1-4H3. The number of esters is 2. The second-order valence-corrected chi connectivity index (χ2v) is 16.7. The molecular formula is C50H54O10. The zero-order chi connectivity index (χ0) is 42.4. The molecular weight excluding hydrogens is 761 g/mol. The Kier molecular flexibility index (Phi) is 13.3. The van der Waals surface area contributed by atoms with Gasteiger partial charge in [0.2, 0.25) is 0 Å². The van der Waals surface area contributed by atoms with Crippen LogP contribution in [0.25, 0.3) is 11.0 Å². The monoisotopic (exact) mass is 814 g/mol. The van der Waals surface area contributed by atoms with E-state index >= 15 is 0 Å². The Bertz CT molecular complexity index is 2410. The minimum atomic E-state index is -1.23. The number of rotatable bonds is 10. The summed E-state index contributed by atoms with van der Waals surface area (Å²) in [5.74, 6) is -0.863. The fraction of sp³-hybridized carbons (Fsp3) is 0.380. The van der Waals surface area contributed by atoms with Crippen LogP contribution in [0.15, 0.2) is 111 Å². The van der Waals surface area contributed by atoms with E-state index in [1.165, 1.54) is 16.7 Å². The predicted octanol–water partition coefficient (Wildman–Crippen LogP) is 8.22. The number of carbonyl (C=O) groups is 2. The summed E-state index contributed by atoms with van der Waals surface area (Å²) in [6.07, 6.45) is 1.76. The molecule has 0 fully saturated rings. The van der Waals surface area contributed by atoms with Crippen LogP contribution in [0.1, 0.15) is 97.6 Å². The van der Waals surface area contributed by atoms with Crippen molar-refractivity contribution in [3.8, 4) is 5.75 Å². The highest BCUT2D eigenvalue weighted by Crippen LogP contribution is 2.47. The van der Waals surface area contributed by atoms with E-state index in [4.69, 9.17) is 28.5 Å². The van der Waals surface area contributed by atoms with E-state index in [0.29, 0.717) is 48.0 Å². The molecule has 4 heterocycles. The Labute approximate surface area is 350 Å². The van der Waals surface area contributed by atoms with Gasteiger partial charge in [-0.15, -0.1) is 0 Å². The van der Waals surface area contributed by atoms with E-state index in [9.17, 15) is 19.5 Å². The average molecular weight is 815 g/mol. The number of allylic oxidation sites excluding steroid dienone is 1. The molecule has 8 rings (SSSR count). The summed E-state index contributed by atoms with van der Waals surface area (Å²) < 4.78 is 30.5. The van der Waals surface area contributed by atoms with E-state index in [1.54, 1.807) is 26.0 Å². The Morgan fingerprint density at radius 1 is 0.783 bits per heavy atom. The van der Waals surface area contributed by atoms with Crippen molar-refractivity contribution in [1.82, 2.24) is 0 Å². The van der Waals surface area contributed by atoms with Crippen LogP contribution in [-0.2, 0) is 62.5 Å². The van der Waals surface area contributed by atoms with Crippen LogP contribution in [0.2, 0.25) is 0 Å². The molecule has 10 nitrogen and oxygen atoms in total. The van der Waals surface area contributed by atoms with Gasteiger partial charge in [-0.1, -0.05) is 84.4 Å². The molecule has 2 N–H and O–H groups in total. The first kappa shape index (κ1) is 42.6. The summed E-state index contributed by atoms with van der Waals surface area (Å²) >= 11 is 0. The normalized spacial score (nSPS) is 19.2. The number of fused-ring (bicyclic) bond motifs is 13. The second-order valence-electron chi connectivity index (χ2n) is 16.7. The zero-order valence-electron chi connectivity index (χ0n) is 34.8. The molecule has 0 saturated heterocycles. The maximum atomic E-state index is 14.5. The van der Waals surface area contributed by atoms with E-state index in [1.807, 2.05) is 32.0 Å². The lowest BCUT2D eigenvalue weighted by molar-refractivity contribution is -0.188. The molecule has 60 heavy (non-hydrogen) atoms. The zero-order valence-corrected chi connectivity index (χ0v) is 34.8. The smallest absolute Gasteiger partial charge is 0.339 e. The maximum Gasteiger partial charge on any atom is 0.339 e. The lowest BCUT2D eigenvalue weighted by Gasteiger charge is -2.43. The molecule has 0 radical (unpaired) electrons. The molecule has 10 heteroatoms. The molecule has 0 saturated carbocycles. The molecule has 3 aliphatic rings. The van der Waals surface area contributed by atoms with Gasteiger partial charge in [0.05, 0.1) is 18.8 Å². The summed E-state index contributed by atoms with van der Waals surface area (Å²) in [6.45, 7) is 6.29. The molecule has 3 atom stereocenters. The van der Waals surface area contributed by atoms with Crippen molar-refractivity contribution >= 4 is 22.9 Å². The van der Waals surface area contributed by atoms with Crippen LogP contribution < -0.4 is 10.4 Å². The molecule has 0 aliphatic carbocycles. The molecule has 2 bridgehead atoms. The molecule has 0 amide bonds. The fourth-order valence-electron chi connectivity index (χ4n) is 8.57. The van der Waals surface area contributed by atoms with Crippen LogP contribution >= 0.6 is 0 Å². The van der Waals surface area contributed by atoms with Crippen molar-refractivity contribution in [1.29, 1.82) is 0 Å². The summed E-state index contributed by atoms with van der Waals surface area (Å²) in [4.78, 5) is 42.3. The Balaban J connectivity index is 1.27. The van der Waals surface area contributed by atoms with Crippen molar-refractivity contribution in [2.24, 2.45) is 5.92 Å². The highest BCUT2D eigenvalue weighted by atomic mass is 16.6. The van der Waals surface area contributed by atoms with E-state index < -0.39 is 48.8 Å². The number of aryl methyl sites for hydroxylation is 2. The topological polar surface area (TPSA) is 142 Å². The molecule has 5 aromatic rings. The first-order valence-corrected chi connectivity index (χ1v) is 20.8. The van der Waals surface area contributed by atoms with Gasteiger partial charge in [0.1, 0.15) is 23.7 Å². The number of aliphatic hydroxyl groups is 2. The van der Waals surface area contributed by atoms with Gasteiger partial charge in [-0.25, -0.2) is 9.59 Å². The average Bonchev–Trinajstić information content (AvgIpc) is 3.21. The quantitative estimate of drug-likeness (QED) is 0.0466. The largest absolute Gasteiger partial charge is 0.483 e. The highest BCUT2D eigenvalue weighted by Gasteiger charge is 2.50. The van der Waals surface area contributed by atoms with Gasteiger partial charge in [0, 0.05) is 29.4 Å².